The van der Waals surface area contributed by atoms with Crippen LogP contribution in [0, 0.1) is 0 Å². The minimum atomic E-state index is -0.457. The third-order valence-electron chi connectivity index (χ3n) is 6.33. The lowest BCUT2D eigenvalue weighted by atomic mass is 9.72. The third-order valence-corrected chi connectivity index (χ3v) is 6.33. The highest BCUT2D eigenvalue weighted by Crippen LogP contribution is 2.52. The first-order valence-corrected chi connectivity index (χ1v) is 9.80. The summed E-state index contributed by atoms with van der Waals surface area (Å²) in [4.78, 5) is 18.5. The first kappa shape index (κ1) is 20.3. The molecule has 1 aliphatic carbocycles. The van der Waals surface area contributed by atoms with Gasteiger partial charge in [-0.25, -0.2) is 0 Å². The quantitative estimate of drug-likeness (QED) is 0.807. The molecule has 6 heteroatoms. The van der Waals surface area contributed by atoms with Crippen molar-refractivity contribution in [2.45, 2.75) is 30.4 Å². The number of hydrogen-bond donors (Lipinski definition) is 1. The molecule has 2 aliphatic rings. The van der Waals surface area contributed by atoms with Crippen LogP contribution in [0.15, 0.2) is 24.3 Å². The number of aliphatic hydroxyl groups excluding tert-OH is 1. The third kappa shape index (κ3) is 3.76. The van der Waals surface area contributed by atoms with E-state index < -0.39 is 6.10 Å². The van der Waals surface area contributed by atoms with Crippen molar-refractivity contribution in [3.63, 3.8) is 0 Å². The number of hydrogen-bond acceptors (Lipinski definition) is 5. The van der Waals surface area contributed by atoms with Crippen molar-refractivity contribution < 1.29 is 14.6 Å². The van der Waals surface area contributed by atoms with Crippen LogP contribution in [0.5, 0.6) is 0 Å². The van der Waals surface area contributed by atoms with Gasteiger partial charge in [-0.3, -0.25) is 9.69 Å². The van der Waals surface area contributed by atoms with Crippen molar-refractivity contribution in [3.8, 4) is 0 Å². The highest BCUT2D eigenvalue weighted by molar-refractivity contribution is 5.77. The molecule has 1 fully saturated rings. The summed E-state index contributed by atoms with van der Waals surface area (Å²) in [5.41, 5.74) is 2.23. The predicted octanol–water partition coefficient (Wildman–Crippen LogP) is 1.10. The summed E-state index contributed by atoms with van der Waals surface area (Å²) in [7, 11) is 7.79. The number of aliphatic hydroxyl groups is 1. The van der Waals surface area contributed by atoms with Crippen LogP contribution in [0.25, 0.3) is 0 Å². The van der Waals surface area contributed by atoms with Crippen molar-refractivity contribution in [1.29, 1.82) is 0 Å². The number of fused-ring (bicyclic) bond motifs is 2. The maximum Gasteiger partial charge on any atom is 0.248 e. The number of rotatable bonds is 6. The van der Waals surface area contributed by atoms with Gasteiger partial charge in [0.15, 0.2) is 0 Å². The fraction of sp³-hybridized carbons (Fsp3) is 0.667. The molecule has 27 heavy (non-hydrogen) atoms. The summed E-state index contributed by atoms with van der Waals surface area (Å²) < 4.78 is 4.99. The van der Waals surface area contributed by atoms with Gasteiger partial charge in [-0.2, -0.15) is 0 Å². The zero-order valence-corrected chi connectivity index (χ0v) is 17.0. The summed E-state index contributed by atoms with van der Waals surface area (Å²) >= 11 is 0. The maximum absolute atomic E-state index is 12.2. The minimum absolute atomic E-state index is 0.00220. The Hall–Kier alpha value is -1.47. The van der Waals surface area contributed by atoms with E-state index in [0.29, 0.717) is 13.1 Å². The smallest absolute Gasteiger partial charge is 0.248 e. The highest BCUT2D eigenvalue weighted by Gasteiger charge is 2.53. The van der Waals surface area contributed by atoms with Crippen LogP contribution in [0.3, 0.4) is 0 Å². The van der Waals surface area contributed by atoms with Gasteiger partial charge in [-0.05, 0) is 45.1 Å². The first-order chi connectivity index (χ1) is 12.9. The van der Waals surface area contributed by atoms with E-state index in [1.54, 1.807) is 7.11 Å². The SMILES string of the molecule is COCC(=O)N1CCC2(CC1)c1ccccc1[C@@H](N(C)CCN(C)C)[C@@H]2O. The number of piperidine rings is 1. The molecule has 1 aromatic rings. The molecule has 150 valence electrons. The van der Waals surface area contributed by atoms with Gasteiger partial charge in [0.2, 0.25) is 5.91 Å². The Morgan fingerprint density at radius 3 is 2.52 bits per heavy atom. The Labute approximate surface area is 162 Å². The Balaban J connectivity index is 1.82. The summed E-state index contributed by atoms with van der Waals surface area (Å²) in [6.07, 6.45) is 1.12. The Morgan fingerprint density at radius 2 is 1.89 bits per heavy atom. The van der Waals surface area contributed by atoms with Crippen LogP contribution in [0.4, 0.5) is 0 Å². The molecule has 1 heterocycles. The fourth-order valence-electron chi connectivity index (χ4n) is 4.75. The monoisotopic (exact) mass is 375 g/mol. The second-order valence-electron chi connectivity index (χ2n) is 8.23. The lowest BCUT2D eigenvalue weighted by Gasteiger charge is -2.43. The van der Waals surface area contributed by atoms with Crippen LogP contribution in [0.1, 0.15) is 30.0 Å². The van der Waals surface area contributed by atoms with Crippen LogP contribution < -0.4 is 0 Å². The second-order valence-corrected chi connectivity index (χ2v) is 8.23. The number of amides is 1. The number of nitrogens with zero attached hydrogens (tertiary/aromatic N) is 3. The van der Waals surface area contributed by atoms with Crippen molar-refractivity contribution in [2.24, 2.45) is 0 Å². The predicted molar refractivity (Wildman–Crippen MR) is 106 cm³/mol. The molecular formula is C21H33N3O3. The van der Waals surface area contributed by atoms with Gasteiger partial charge in [-0.1, -0.05) is 24.3 Å². The van der Waals surface area contributed by atoms with Gasteiger partial charge in [0, 0.05) is 38.7 Å². The van der Waals surface area contributed by atoms with E-state index in [1.165, 1.54) is 11.1 Å². The second kappa shape index (κ2) is 8.27. The summed E-state index contributed by atoms with van der Waals surface area (Å²) in [5, 5.41) is 11.5. The van der Waals surface area contributed by atoms with Gasteiger partial charge in [0.05, 0.1) is 12.1 Å². The summed E-state index contributed by atoms with van der Waals surface area (Å²) in [5.74, 6) is 0.0350. The zero-order chi connectivity index (χ0) is 19.6. The maximum atomic E-state index is 12.2. The molecule has 0 unspecified atom stereocenters. The molecule has 0 bridgehead atoms. The van der Waals surface area contributed by atoms with Crippen LogP contribution in [-0.4, -0.2) is 92.9 Å². The minimum Gasteiger partial charge on any atom is -0.390 e. The van der Waals surface area contributed by atoms with Gasteiger partial charge in [0.25, 0.3) is 0 Å². The molecule has 1 spiro atoms. The van der Waals surface area contributed by atoms with Gasteiger partial charge in [0.1, 0.15) is 6.61 Å². The summed E-state index contributed by atoms with van der Waals surface area (Å²) in [6.45, 7) is 3.32. The molecule has 1 aliphatic heterocycles. The number of carbonyl (C=O) groups excluding carboxylic acids is 1. The lowest BCUT2D eigenvalue weighted by Crippen LogP contribution is -2.51. The van der Waals surface area contributed by atoms with Gasteiger partial charge in [-0.15, -0.1) is 0 Å². The van der Waals surface area contributed by atoms with Crippen molar-refractivity contribution in [2.75, 3.05) is 61.0 Å². The van der Waals surface area contributed by atoms with E-state index >= 15 is 0 Å². The van der Waals surface area contributed by atoms with Crippen LogP contribution in [-0.2, 0) is 14.9 Å². The number of methoxy groups -OCH3 is 1. The molecule has 1 aromatic carbocycles. The Morgan fingerprint density at radius 1 is 1.22 bits per heavy atom. The number of carbonyl (C=O) groups is 1. The average Bonchev–Trinajstić information content (AvgIpc) is 2.89. The largest absolute Gasteiger partial charge is 0.390 e. The van der Waals surface area contributed by atoms with Gasteiger partial charge >= 0.3 is 0 Å². The van der Waals surface area contributed by atoms with Crippen molar-refractivity contribution >= 4 is 5.91 Å². The first-order valence-electron chi connectivity index (χ1n) is 9.80. The van der Waals surface area contributed by atoms with E-state index in [-0.39, 0.29) is 24.0 Å². The average molecular weight is 376 g/mol. The molecule has 0 radical (unpaired) electrons. The molecule has 1 N–H and O–H groups in total. The zero-order valence-electron chi connectivity index (χ0n) is 17.0. The molecule has 3 rings (SSSR count). The molecule has 6 nitrogen and oxygen atoms in total. The van der Waals surface area contributed by atoms with Gasteiger partial charge < -0.3 is 19.6 Å². The number of ether oxygens (including phenoxy) is 1. The highest BCUT2D eigenvalue weighted by atomic mass is 16.5. The number of likely N-dealkylation sites (N-methyl/N-ethyl adjacent to an activating group) is 2. The molecular weight excluding hydrogens is 342 g/mol. The topological polar surface area (TPSA) is 56.2 Å². The molecule has 0 saturated carbocycles. The van der Waals surface area contributed by atoms with E-state index in [2.05, 4.69) is 55.2 Å². The van der Waals surface area contributed by atoms with Crippen molar-refractivity contribution in [3.05, 3.63) is 35.4 Å². The van der Waals surface area contributed by atoms with Crippen LogP contribution >= 0.6 is 0 Å². The normalized spacial score (nSPS) is 24.0. The fourth-order valence-corrected chi connectivity index (χ4v) is 4.75. The van der Waals surface area contributed by atoms with Crippen molar-refractivity contribution in [1.82, 2.24) is 14.7 Å². The van der Waals surface area contributed by atoms with E-state index in [0.717, 1.165) is 25.9 Å². The Kier molecular flexibility index (Phi) is 6.21. The Bertz CT molecular complexity index is 656. The molecule has 1 saturated heterocycles. The van der Waals surface area contributed by atoms with E-state index in [4.69, 9.17) is 4.74 Å². The molecule has 2 atom stereocenters. The van der Waals surface area contributed by atoms with E-state index in [9.17, 15) is 9.90 Å². The van der Waals surface area contributed by atoms with Crippen LogP contribution in [0.2, 0.25) is 0 Å². The van der Waals surface area contributed by atoms with E-state index in [1.807, 2.05) is 4.90 Å². The standard InChI is InChI=1S/C21H33N3O3/c1-22(2)13-14-23(3)19-16-7-5-6-8-17(16)21(20(19)26)9-11-24(12-10-21)18(25)15-27-4/h5-8,19-20,26H,9-15H2,1-4H3/t19-,20+/m1/s1. The number of benzene rings is 1. The lowest BCUT2D eigenvalue weighted by molar-refractivity contribution is -0.137. The molecule has 1 amide bonds. The summed E-state index contributed by atoms with van der Waals surface area (Å²) in [6, 6.07) is 8.46. The number of likely N-dealkylation sites (tertiary alicyclic amines) is 1. The molecule has 0 aromatic heterocycles.